The molecule has 5 amide bonds. The van der Waals surface area contributed by atoms with Gasteiger partial charge in [0.05, 0.1) is 30.9 Å². The van der Waals surface area contributed by atoms with Crippen molar-refractivity contribution in [3.63, 3.8) is 0 Å². The first-order chi connectivity index (χ1) is 27.6. The molecule has 2 saturated heterocycles. The van der Waals surface area contributed by atoms with E-state index in [2.05, 4.69) is 71.1 Å². The number of thiol groups is 1. The second kappa shape index (κ2) is 17.8. The van der Waals surface area contributed by atoms with Crippen molar-refractivity contribution in [3.8, 4) is 0 Å². The topological polar surface area (TPSA) is 190 Å². The highest BCUT2D eigenvalue weighted by molar-refractivity contribution is 7.80. The van der Waals surface area contributed by atoms with E-state index in [1.807, 2.05) is 43.3 Å². The van der Waals surface area contributed by atoms with Crippen molar-refractivity contribution in [1.82, 2.24) is 30.4 Å². The molecule has 16 nitrogen and oxygen atoms in total. The normalized spacial score (nSPS) is 17.0. The van der Waals surface area contributed by atoms with Crippen LogP contribution in [0, 0.1) is 6.92 Å². The lowest BCUT2D eigenvalue weighted by Gasteiger charge is -2.35. The molecule has 296 valence electrons. The number of ether oxygens (including phenoxy) is 1. The van der Waals surface area contributed by atoms with Crippen LogP contribution in [0.1, 0.15) is 39.1 Å². The number of fused-ring (bicyclic) bond motifs is 1. The fourth-order valence-electron chi connectivity index (χ4n) is 6.87. The lowest BCUT2D eigenvalue weighted by molar-refractivity contribution is -0.136. The fourth-order valence-corrected chi connectivity index (χ4v) is 7.10. The Morgan fingerprint density at radius 2 is 1.63 bits per heavy atom. The molecular weight excluding hydrogens is 749 g/mol. The minimum absolute atomic E-state index is 0.0591. The van der Waals surface area contributed by atoms with Gasteiger partial charge >= 0.3 is 0 Å². The quantitative estimate of drug-likeness (QED) is 0.0585. The minimum Gasteiger partial charge on any atom is -0.383 e. The van der Waals surface area contributed by atoms with Gasteiger partial charge < -0.3 is 30.9 Å². The number of hydrogen-bond acceptors (Lipinski definition) is 14. The van der Waals surface area contributed by atoms with Gasteiger partial charge in [-0.15, -0.1) is 12.6 Å². The van der Waals surface area contributed by atoms with Crippen LogP contribution in [0.5, 0.6) is 0 Å². The van der Waals surface area contributed by atoms with Crippen molar-refractivity contribution in [1.29, 1.82) is 0 Å². The first-order valence-electron chi connectivity index (χ1n) is 18.8. The number of amides is 5. The van der Waals surface area contributed by atoms with E-state index in [4.69, 9.17) is 4.74 Å². The highest BCUT2D eigenvalue weighted by Gasteiger charge is 2.44. The number of piperidine rings is 1. The molecule has 0 saturated carbocycles. The Kier molecular flexibility index (Phi) is 12.3. The highest BCUT2D eigenvalue weighted by atomic mass is 32.1. The molecule has 4 aromatic rings. The molecule has 4 heterocycles. The summed E-state index contributed by atoms with van der Waals surface area (Å²) in [4.78, 5) is 77.7. The van der Waals surface area contributed by atoms with Gasteiger partial charge in [-0.05, 0) is 74.0 Å². The molecule has 1 aromatic heterocycles. The number of piperazine rings is 1. The first kappa shape index (κ1) is 39.2. The van der Waals surface area contributed by atoms with Gasteiger partial charge in [-0.3, -0.25) is 39.1 Å². The predicted molar refractivity (Wildman–Crippen MR) is 218 cm³/mol. The summed E-state index contributed by atoms with van der Waals surface area (Å²) in [5.41, 5.74) is 4.85. The molecule has 0 radical (unpaired) electrons. The number of carbonyl (C=O) groups excluding carboxylic acids is 5. The summed E-state index contributed by atoms with van der Waals surface area (Å²) in [6.45, 7) is 6.88. The van der Waals surface area contributed by atoms with E-state index in [9.17, 15) is 24.0 Å². The Morgan fingerprint density at radius 3 is 2.40 bits per heavy atom. The Balaban J connectivity index is 0.770. The molecule has 2 fully saturated rings. The van der Waals surface area contributed by atoms with E-state index in [-0.39, 0.29) is 29.9 Å². The molecule has 0 aliphatic carbocycles. The van der Waals surface area contributed by atoms with Gasteiger partial charge in [0.2, 0.25) is 23.7 Å². The zero-order valence-electron chi connectivity index (χ0n) is 31.4. The van der Waals surface area contributed by atoms with E-state index in [0.29, 0.717) is 50.3 Å². The Hall–Kier alpha value is -6.04. The number of carbonyl (C=O) groups is 5. The summed E-state index contributed by atoms with van der Waals surface area (Å²) in [5.74, 6) is -1.02. The third-order valence-electron chi connectivity index (χ3n) is 9.89. The number of nitrogens with one attached hydrogen (secondary N) is 5. The van der Waals surface area contributed by atoms with E-state index in [1.54, 1.807) is 24.4 Å². The molecule has 3 aliphatic rings. The fraction of sp³-hybridized carbons (Fsp3) is 0.325. The van der Waals surface area contributed by atoms with Crippen LogP contribution in [0.4, 0.5) is 34.5 Å². The summed E-state index contributed by atoms with van der Waals surface area (Å²) < 4.78 is 5.67. The lowest BCUT2D eigenvalue weighted by Crippen LogP contribution is -2.54. The van der Waals surface area contributed by atoms with Crippen molar-refractivity contribution in [2.24, 2.45) is 0 Å². The van der Waals surface area contributed by atoms with E-state index >= 15 is 0 Å². The number of aryl methyl sites for hydroxylation is 1. The molecule has 3 aromatic carbocycles. The number of benzene rings is 3. The van der Waals surface area contributed by atoms with Crippen LogP contribution < -0.4 is 31.5 Å². The third-order valence-corrected chi connectivity index (χ3v) is 10.2. The van der Waals surface area contributed by atoms with Crippen molar-refractivity contribution in [2.45, 2.75) is 30.7 Å². The summed E-state index contributed by atoms with van der Waals surface area (Å²) >= 11 is 4.41. The largest absolute Gasteiger partial charge is 0.383 e. The molecule has 0 spiro atoms. The van der Waals surface area contributed by atoms with Crippen LogP contribution in [0.2, 0.25) is 0 Å². The summed E-state index contributed by atoms with van der Waals surface area (Å²) in [5, 5.41) is 14.9. The average Bonchev–Trinajstić information content (AvgIpc) is 3.44. The molecule has 1 unspecified atom stereocenters. The second-order valence-corrected chi connectivity index (χ2v) is 14.4. The van der Waals surface area contributed by atoms with E-state index in [1.165, 1.54) is 0 Å². The van der Waals surface area contributed by atoms with Gasteiger partial charge in [-0.25, -0.2) is 4.98 Å². The van der Waals surface area contributed by atoms with Crippen molar-refractivity contribution in [2.75, 3.05) is 79.9 Å². The molecule has 0 bridgehead atoms. The molecule has 7 rings (SSSR count). The standard InChI is InChI=1S/C40H44N10O6S/c1-25-23-43-40(47-36(25)44-28-3-2-4-30(57)21-28)45-26-5-8-29(9-6-26)49-17-15-48(16-18-49)24-35(52)42-14-20-56-19-13-41-27-7-10-31-32(22-27)39(55)50(38(31)54)33-11-12-34(51)46-37(33)53/h2-10,21-23,33,41,57H,11-20,24H2,1H3,(H,42,52)(H,46,51,53)(H2,43,44,45,47). The maximum atomic E-state index is 13.0. The lowest BCUT2D eigenvalue weighted by atomic mass is 10.0. The SMILES string of the molecule is Cc1cnc(Nc2ccc(N3CCN(CC(=O)NCCOCCNc4ccc5c(c4)C(=O)N(C4CCC(=O)NC4=O)C5=O)CC3)cc2)nc1Nc1cccc(S)c1. The average molecular weight is 793 g/mol. The molecule has 17 heteroatoms. The van der Waals surface area contributed by atoms with Crippen molar-refractivity contribution in [3.05, 3.63) is 89.6 Å². The van der Waals surface area contributed by atoms with Gasteiger partial charge in [0.1, 0.15) is 11.9 Å². The van der Waals surface area contributed by atoms with Gasteiger partial charge in [0.25, 0.3) is 11.8 Å². The van der Waals surface area contributed by atoms with Crippen LogP contribution in [-0.4, -0.2) is 114 Å². The zero-order chi connectivity index (χ0) is 39.9. The molecular formula is C40H44N10O6S. The van der Waals surface area contributed by atoms with Gasteiger partial charge in [0.15, 0.2) is 0 Å². The zero-order valence-corrected chi connectivity index (χ0v) is 32.3. The third kappa shape index (κ3) is 9.68. The van der Waals surface area contributed by atoms with Crippen molar-refractivity contribution < 1.29 is 28.7 Å². The first-order valence-corrected chi connectivity index (χ1v) is 19.2. The van der Waals surface area contributed by atoms with Crippen LogP contribution >= 0.6 is 12.6 Å². The Labute approximate surface area is 335 Å². The minimum atomic E-state index is -1.01. The molecule has 3 aliphatic heterocycles. The number of anilines is 6. The number of nitrogens with zero attached hydrogens (tertiary/aromatic N) is 5. The maximum Gasteiger partial charge on any atom is 0.262 e. The number of hydrogen-bond donors (Lipinski definition) is 6. The van der Waals surface area contributed by atoms with Gasteiger partial charge in [-0.1, -0.05) is 6.07 Å². The predicted octanol–water partition coefficient (Wildman–Crippen LogP) is 3.33. The van der Waals surface area contributed by atoms with Crippen LogP contribution in [0.25, 0.3) is 0 Å². The molecule has 1 atom stereocenters. The number of rotatable bonds is 15. The van der Waals surface area contributed by atoms with Crippen LogP contribution in [0.3, 0.4) is 0 Å². The van der Waals surface area contributed by atoms with Crippen LogP contribution in [0.15, 0.2) is 77.8 Å². The van der Waals surface area contributed by atoms with E-state index in [0.717, 1.165) is 58.6 Å². The highest BCUT2D eigenvalue weighted by Crippen LogP contribution is 2.30. The maximum absolute atomic E-state index is 13.0. The molecule has 57 heavy (non-hydrogen) atoms. The van der Waals surface area contributed by atoms with Crippen molar-refractivity contribution >= 4 is 76.7 Å². The monoisotopic (exact) mass is 792 g/mol. The summed E-state index contributed by atoms with van der Waals surface area (Å²) in [6, 6.07) is 19.7. The Bertz CT molecular complexity index is 2160. The van der Waals surface area contributed by atoms with Gasteiger partial charge in [0, 0.05) is 85.1 Å². The number of aromatic nitrogens is 2. The van der Waals surface area contributed by atoms with Gasteiger partial charge in [-0.2, -0.15) is 4.98 Å². The number of imide groups is 2. The molecule has 5 N–H and O–H groups in total. The van der Waals surface area contributed by atoms with Crippen LogP contribution in [-0.2, 0) is 19.1 Å². The van der Waals surface area contributed by atoms with E-state index < -0.39 is 29.7 Å². The summed E-state index contributed by atoms with van der Waals surface area (Å²) in [7, 11) is 0. The second-order valence-electron chi connectivity index (χ2n) is 13.9. The smallest absolute Gasteiger partial charge is 0.262 e. The Morgan fingerprint density at radius 1 is 0.877 bits per heavy atom. The summed E-state index contributed by atoms with van der Waals surface area (Å²) in [6.07, 6.45) is 1.95.